The van der Waals surface area contributed by atoms with Gasteiger partial charge in [-0.05, 0) is 42.2 Å². The largest absolute Gasteiger partial charge is 0.338 e. The molecule has 3 amide bonds. The molecule has 9 heteroatoms. The molecule has 0 unspecified atom stereocenters. The maximum Gasteiger partial charge on any atom is 0.321 e. The average Bonchev–Trinajstić information content (AvgIpc) is 3.55. The summed E-state index contributed by atoms with van der Waals surface area (Å²) in [5, 5.41) is 11.9. The number of benzene rings is 2. The van der Waals surface area contributed by atoms with Gasteiger partial charge in [-0.15, -0.1) is 0 Å². The lowest BCUT2D eigenvalue weighted by Gasteiger charge is -2.17. The topological polar surface area (TPSA) is 106 Å². The van der Waals surface area contributed by atoms with Crippen LogP contribution in [0.3, 0.4) is 0 Å². The number of carbonyl (C=O) groups is 2. The van der Waals surface area contributed by atoms with Gasteiger partial charge in [-0.25, -0.2) is 9.78 Å². The van der Waals surface area contributed by atoms with Crippen LogP contribution in [0, 0.1) is 0 Å². The van der Waals surface area contributed by atoms with Crippen LogP contribution in [-0.2, 0) is 11.3 Å². The summed E-state index contributed by atoms with van der Waals surface area (Å²) in [5.41, 5.74) is 5.68. The summed E-state index contributed by atoms with van der Waals surface area (Å²) in [6.45, 7) is 4.68. The van der Waals surface area contributed by atoms with Gasteiger partial charge >= 0.3 is 6.03 Å². The molecule has 170 valence electrons. The second-order valence-corrected chi connectivity index (χ2v) is 8.28. The van der Waals surface area contributed by atoms with Crippen molar-refractivity contribution in [3.05, 3.63) is 42.0 Å². The maximum atomic E-state index is 12.0. The predicted octanol–water partition coefficient (Wildman–Crippen LogP) is 3.69. The van der Waals surface area contributed by atoms with E-state index in [1.165, 1.54) is 0 Å². The van der Waals surface area contributed by atoms with Crippen LogP contribution in [0.25, 0.3) is 22.2 Å². The summed E-state index contributed by atoms with van der Waals surface area (Å²) in [4.78, 5) is 33.6. The number of aromatic amines is 1. The number of hydrogen-bond donors (Lipinski definition) is 3. The second kappa shape index (κ2) is 8.93. The Balaban J connectivity index is 1.46. The molecule has 0 spiro atoms. The molecule has 2 aromatic carbocycles. The van der Waals surface area contributed by atoms with Crippen LogP contribution in [-0.4, -0.2) is 52.7 Å². The average molecular weight is 446 g/mol. The van der Waals surface area contributed by atoms with E-state index in [-0.39, 0.29) is 11.9 Å². The molecule has 2 aliphatic heterocycles. The van der Waals surface area contributed by atoms with Gasteiger partial charge in [0.15, 0.2) is 0 Å². The van der Waals surface area contributed by atoms with Crippen molar-refractivity contribution in [1.82, 2.24) is 20.2 Å². The molecule has 0 radical (unpaired) electrons. The SMILES string of the molecule is CCNC(=O)Nc1nc2cc(-c3ccc(CN4CCCC4=O)cc3)cc(N3CCC=N3)c2[nH]1. The Morgan fingerprint density at radius 1 is 1.15 bits per heavy atom. The molecule has 0 bridgehead atoms. The van der Waals surface area contributed by atoms with E-state index in [9.17, 15) is 9.59 Å². The zero-order valence-electron chi connectivity index (χ0n) is 18.6. The third-order valence-electron chi connectivity index (χ3n) is 5.94. The van der Waals surface area contributed by atoms with Gasteiger partial charge in [0.1, 0.15) is 0 Å². The highest BCUT2D eigenvalue weighted by molar-refractivity contribution is 5.97. The Morgan fingerprint density at radius 2 is 2.00 bits per heavy atom. The Kier molecular flexibility index (Phi) is 5.68. The fraction of sp³-hybridized carbons (Fsp3) is 0.333. The van der Waals surface area contributed by atoms with E-state index in [0.29, 0.717) is 25.5 Å². The molecular weight excluding hydrogens is 418 g/mol. The lowest BCUT2D eigenvalue weighted by molar-refractivity contribution is -0.128. The number of hydrogen-bond acceptors (Lipinski definition) is 5. The number of carbonyl (C=O) groups excluding carboxylic acids is 2. The van der Waals surface area contributed by atoms with Crippen molar-refractivity contribution in [2.45, 2.75) is 32.7 Å². The fourth-order valence-corrected chi connectivity index (χ4v) is 4.31. The maximum absolute atomic E-state index is 12.0. The highest BCUT2D eigenvalue weighted by Gasteiger charge is 2.20. The molecule has 3 aromatic rings. The van der Waals surface area contributed by atoms with Crippen LogP contribution in [0.1, 0.15) is 31.7 Å². The van der Waals surface area contributed by atoms with E-state index in [1.807, 2.05) is 29.1 Å². The predicted molar refractivity (Wildman–Crippen MR) is 129 cm³/mol. The molecule has 0 atom stereocenters. The normalized spacial score (nSPS) is 15.6. The highest BCUT2D eigenvalue weighted by Crippen LogP contribution is 2.34. The molecule has 9 nitrogen and oxygen atoms in total. The van der Waals surface area contributed by atoms with Crippen molar-refractivity contribution < 1.29 is 9.59 Å². The number of H-pyrrole nitrogens is 1. The first-order valence-electron chi connectivity index (χ1n) is 11.4. The van der Waals surface area contributed by atoms with E-state index >= 15 is 0 Å². The van der Waals surface area contributed by atoms with E-state index in [1.54, 1.807) is 0 Å². The number of nitrogens with zero attached hydrogens (tertiary/aromatic N) is 4. The van der Waals surface area contributed by atoms with Crippen LogP contribution in [0.2, 0.25) is 0 Å². The smallest absolute Gasteiger partial charge is 0.321 e. The number of aromatic nitrogens is 2. The van der Waals surface area contributed by atoms with Crippen molar-refractivity contribution in [2.75, 3.05) is 30.0 Å². The lowest BCUT2D eigenvalue weighted by Crippen LogP contribution is -2.28. The second-order valence-electron chi connectivity index (χ2n) is 8.28. The highest BCUT2D eigenvalue weighted by atomic mass is 16.2. The van der Waals surface area contributed by atoms with E-state index in [2.05, 4.69) is 56.0 Å². The number of anilines is 2. The first kappa shape index (κ1) is 21.0. The molecular formula is C24H27N7O2. The van der Waals surface area contributed by atoms with E-state index in [4.69, 9.17) is 0 Å². The third-order valence-corrected chi connectivity index (χ3v) is 5.94. The van der Waals surface area contributed by atoms with Crippen LogP contribution in [0.4, 0.5) is 16.4 Å². The van der Waals surface area contributed by atoms with Gasteiger partial charge in [-0.2, -0.15) is 5.10 Å². The number of amides is 3. The number of rotatable bonds is 6. The van der Waals surface area contributed by atoms with Crippen LogP contribution < -0.4 is 15.6 Å². The monoisotopic (exact) mass is 445 g/mol. The summed E-state index contributed by atoms with van der Waals surface area (Å²) in [6, 6.07) is 12.1. The number of imidazole rings is 1. The minimum absolute atomic E-state index is 0.232. The number of urea groups is 1. The standard InChI is InChI=1S/C24H27N7O2/c1-2-25-24(33)29-23-27-19-13-18(14-20(22(19)28-23)31-12-4-10-26-31)17-8-6-16(7-9-17)15-30-11-3-5-21(30)32/h6-10,13-14H,2-5,11-12,15H2,1H3,(H3,25,27,28,29,33). The zero-order valence-corrected chi connectivity index (χ0v) is 18.6. The van der Waals surface area contributed by atoms with Gasteiger partial charge in [0.25, 0.3) is 0 Å². The van der Waals surface area contributed by atoms with Gasteiger partial charge in [0.05, 0.1) is 16.7 Å². The van der Waals surface area contributed by atoms with E-state index in [0.717, 1.165) is 59.3 Å². The molecule has 33 heavy (non-hydrogen) atoms. The molecule has 5 rings (SSSR count). The molecule has 3 N–H and O–H groups in total. The summed E-state index contributed by atoms with van der Waals surface area (Å²) >= 11 is 0. The number of nitrogens with one attached hydrogen (secondary N) is 3. The Hall–Kier alpha value is -3.88. The first-order chi connectivity index (χ1) is 16.1. The summed E-state index contributed by atoms with van der Waals surface area (Å²) in [5.74, 6) is 0.624. The first-order valence-corrected chi connectivity index (χ1v) is 11.4. The summed E-state index contributed by atoms with van der Waals surface area (Å²) in [7, 11) is 0. The van der Waals surface area contributed by atoms with Crippen LogP contribution >= 0.6 is 0 Å². The molecule has 1 saturated heterocycles. The lowest BCUT2D eigenvalue weighted by atomic mass is 10.0. The van der Waals surface area contributed by atoms with Gasteiger partial charge in [-0.3, -0.25) is 15.1 Å². The van der Waals surface area contributed by atoms with Gasteiger partial charge in [0.2, 0.25) is 11.9 Å². The van der Waals surface area contributed by atoms with Crippen molar-refractivity contribution in [3.8, 4) is 11.1 Å². The summed E-state index contributed by atoms with van der Waals surface area (Å²) in [6.07, 6.45) is 4.38. The van der Waals surface area contributed by atoms with Gasteiger partial charge < -0.3 is 15.2 Å². The minimum atomic E-state index is -0.301. The Bertz CT molecular complexity index is 1220. The number of hydrazone groups is 1. The van der Waals surface area contributed by atoms with E-state index < -0.39 is 0 Å². The Labute approximate surface area is 191 Å². The van der Waals surface area contributed by atoms with Crippen LogP contribution in [0.5, 0.6) is 0 Å². The van der Waals surface area contributed by atoms with Gasteiger partial charge in [-0.1, -0.05) is 24.3 Å². The molecule has 1 fully saturated rings. The van der Waals surface area contributed by atoms with Crippen LogP contribution in [0.15, 0.2) is 41.5 Å². The summed E-state index contributed by atoms with van der Waals surface area (Å²) < 4.78 is 0. The zero-order chi connectivity index (χ0) is 22.8. The van der Waals surface area contributed by atoms with Crippen molar-refractivity contribution >= 4 is 40.8 Å². The molecule has 0 saturated carbocycles. The molecule has 3 heterocycles. The van der Waals surface area contributed by atoms with Crippen molar-refractivity contribution in [1.29, 1.82) is 0 Å². The third kappa shape index (κ3) is 4.39. The fourth-order valence-electron chi connectivity index (χ4n) is 4.31. The number of likely N-dealkylation sites (tertiary alicyclic amines) is 1. The van der Waals surface area contributed by atoms with Crippen molar-refractivity contribution in [2.24, 2.45) is 5.10 Å². The molecule has 1 aromatic heterocycles. The molecule has 0 aliphatic carbocycles. The Morgan fingerprint density at radius 3 is 2.70 bits per heavy atom. The number of fused-ring (bicyclic) bond motifs is 1. The quantitative estimate of drug-likeness (QED) is 0.538. The van der Waals surface area contributed by atoms with Gasteiger partial charge in [0, 0.05) is 45.2 Å². The molecule has 2 aliphatic rings. The minimum Gasteiger partial charge on any atom is -0.338 e. The van der Waals surface area contributed by atoms with Crippen molar-refractivity contribution in [3.63, 3.8) is 0 Å².